The highest BCUT2D eigenvalue weighted by Crippen LogP contribution is 2.33. The van der Waals surface area contributed by atoms with E-state index in [0.29, 0.717) is 18.2 Å². The predicted octanol–water partition coefficient (Wildman–Crippen LogP) is 2.62. The van der Waals surface area contributed by atoms with Crippen molar-refractivity contribution < 1.29 is 9.84 Å². The van der Waals surface area contributed by atoms with Gasteiger partial charge in [0.25, 0.3) is 0 Å². The lowest BCUT2D eigenvalue weighted by molar-refractivity contribution is 0.127. The molecule has 0 amide bonds. The number of aromatic nitrogens is 4. The SMILES string of the molecule is Cc1cccc(-c2ccn(-c3cc(N4CC[C@H]5OCC=C54)nc(CO)n3)n2)c1. The minimum Gasteiger partial charge on any atom is -0.388 e. The lowest BCUT2D eigenvalue weighted by Crippen LogP contribution is -2.20. The van der Waals surface area contributed by atoms with E-state index in [2.05, 4.69) is 45.1 Å². The van der Waals surface area contributed by atoms with Crippen molar-refractivity contribution in [3.05, 3.63) is 65.8 Å². The summed E-state index contributed by atoms with van der Waals surface area (Å²) in [6.07, 6.45) is 5.07. The third-order valence-electron chi connectivity index (χ3n) is 5.15. The first-order valence-corrected chi connectivity index (χ1v) is 9.42. The van der Waals surface area contributed by atoms with E-state index in [1.54, 1.807) is 4.68 Å². The molecule has 1 saturated heterocycles. The van der Waals surface area contributed by atoms with E-state index < -0.39 is 0 Å². The highest BCUT2D eigenvalue weighted by Gasteiger charge is 2.33. The standard InChI is InChI=1S/C21H21N5O2/c1-14-3-2-4-15(11-14)16-5-9-26(24-16)21-12-20(22-19(13-27)23-21)25-8-6-18-17(25)7-10-28-18/h2-5,7,9,11-12,18,27H,6,8,10,13H2,1H3/t18-/m1/s1. The molecule has 1 N–H and O–H groups in total. The van der Waals surface area contributed by atoms with Crippen molar-refractivity contribution in [2.75, 3.05) is 18.1 Å². The molecule has 0 unspecified atom stereocenters. The Kier molecular flexibility index (Phi) is 4.18. The summed E-state index contributed by atoms with van der Waals surface area (Å²) < 4.78 is 7.45. The van der Waals surface area contributed by atoms with Crippen molar-refractivity contribution in [1.29, 1.82) is 0 Å². The summed E-state index contributed by atoms with van der Waals surface area (Å²) >= 11 is 0. The van der Waals surface area contributed by atoms with Crippen LogP contribution < -0.4 is 4.90 Å². The van der Waals surface area contributed by atoms with Crippen LogP contribution in [0, 0.1) is 6.92 Å². The Morgan fingerprint density at radius 3 is 2.93 bits per heavy atom. The first-order chi connectivity index (χ1) is 13.7. The van der Waals surface area contributed by atoms with Crippen LogP contribution in [0.2, 0.25) is 0 Å². The zero-order chi connectivity index (χ0) is 19.1. The number of aryl methyl sites for hydroxylation is 1. The predicted molar refractivity (Wildman–Crippen MR) is 105 cm³/mol. The number of fused-ring (bicyclic) bond motifs is 1. The fourth-order valence-corrected chi connectivity index (χ4v) is 3.81. The molecule has 1 fully saturated rings. The number of ether oxygens (including phenoxy) is 1. The molecule has 1 atom stereocenters. The minimum atomic E-state index is -0.223. The third-order valence-corrected chi connectivity index (χ3v) is 5.15. The maximum absolute atomic E-state index is 9.66. The van der Waals surface area contributed by atoms with Gasteiger partial charge in [0.05, 0.1) is 18.4 Å². The Morgan fingerprint density at radius 2 is 2.07 bits per heavy atom. The number of rotatable bonds is 4. The summed E-state index contributed by atoms with van der Waals surface area (Å²) in [5, 5.41) is 14.4. The minimum absolute atomic E-state index is 0.147. The van der Waals surface area contributed by atoms with Crippen LogP contribution in [0.1, 0.15) is 17.8 Å². The van der Waals surface area contributed by atoms with Crippen molar-refractivity contribution in [3.63, 3.8) is 0 Å². The fraction of sp³-hybridized carbons (Fsp3) is 0.286. The van der Waals surface area contributed by atoms with Gasteiger partial charge in [-0.1, -0.05) is 23.8 Å². The molecule has 5 rings (SSSR count). The Labute approximate surface area is 162 Å². The van der Waals surface area contributed by atoms with Gasteiger partial charge in [-0.2, -0.15) is 5.10 Å². The number of aliphatic hydroxyl groups excluding tert-OH is 1. The normalized spacial score (nSPS) is 18.4. The van der Waals surface area contributed by atoms with Gasteiger partial charge in [-0.3, -0.25) is 0 Å². The Morgan fingerprint density at radius 1 is 1.18 bits per heavy atom. The fourth-order valence-electron chi connectivity index (χ4n) is 3.81. The van der Waals surface area contributed by atoms with E-state index in [0.717, 1.165) is 35.7 Å². The van der Waals surface area contributed by atoms with Gasteiger partial charge < -0.3 is 14.7 Å². The molecule has 7 nitrogen and oxygen atoms in total. The first-order valence-electron chi connectivity index (χ1n) is 9.42. The monoisotopic (exact) mass is 375 g/mol. The molecule has 0 radical (unpaired) electrons. The summed E-state index contributed by atoms with van der Waals surface area (Å²) in [6.45, 7) is 3.32. The van der Waals surface area contributed by atoms with E-state index in [-0.39, 0.29) is 12.7 Å². The average Bonchev–Trinajstić information content (AvgIpc) is 3.44. The van der Waals surface area contributed by atoms with Gasteiger partial charge in [0.1, 0.15) is 12.4 Å². The maximum atomic E-state index is 9.66. The summed E-state index contributed by atoms with van der Waals surface area (Å²) in [6, 6.07) is 12.1. The Hall–Kier alpha value is -3.03. The molecule has 2 aliphatic rings. The molecule has 142 valence electrons. The second kappa shape index (κ2) is 6.85. The summed E-state index contributed by atoms with van der Waals surface area (Å²) in [5.74, 6) is 1.78. The lowest BCUT2D eigenvalue weighted by atomic mass is 10.1. The molecule has 7 heteroatoms. The van der Waals surface area contributed by atoms with Crippen LogP contribution in [0.15, 0.2) is 54.4 Å². The number of hydrogen-bond acceptors (Lipinski definition) is 6. The summed E-state index contributed by atoms with van der Waals surface area (Å²) in [7, 11) is 0. The van der Waals surface area contributed by atoms with Crippen molar-refractivity contribution in [1.82, 2.24) is 19.7 Å². The average molecular weight is 375 g/mol. The molecule has 2 aliphatic heterocycles. The molecule has 3 aromatic rings. The number of nitrogens with zero attached hydrogens (tertiary/aromatic N) is 5. The highest BCUT2D eigenvalue weighted by molar-refractivity contribution is 5.60. The lowest BCUT2D eigenvalue weighted by Gasteiger charge is -2.19. The molecule has 2 aromatic heterocycles. The van der Waals surface area contributed by atoms with Crippen molar-refractivity contribution in [2.24, 2.45) is 0 Å². The quantitative estimate of drug-likeness (QED) is 0.755. The molecular weight excluding hydrogens is 354 g/mol. The van der Waals surface area contributed by atoms with Crippen LogP contribution in [0.25, 0.3) is 17.1 Å². The van der Waals surface area contributed by atoms with E-state index >= 15 is 0 Å². The number of anilines is 1. The van der Waals surface area contributed by atoms with Crippen LogP contribution in [0.5, 0.6) is 0 Å². The molecule has 0 bridgehead atoms. The van der Waals surface area contributed by atoms with E-state index in [4.69, 9.17) is 4.74 Å². The van der Waals surface area contributed by atoms with Gasteiger partial charge in [0.2, 0.25) is 0 Å². The zero-order valence-corrected chi connectivity index (χ0v) is 15.6. The Bertz CT molecular complexity index is 1060. The summed E-state index contributed by atoms with van der Waals surface area (Å²) in [5.41, 5.74) is 4.28. The molecular formula is C21H21N5O2. The van der Waals surface area contributed by atoms with Gasteiger partial charge in [0, 0.05) is 30.1 Å². The topological polar surface area (TPSA) is 76.3 Å². The molecule has 28 heavy (non-hydrogen) atoms. The van der Waals surface area contributed by atoms with Gasteiger partial charge in [-0.05, 0) is 31.6 Å². The van der Waals surface area contributed by atoms with Crippen LogP contribution in [-0.2, 0) is 11.3 Å². The van der Waals surface area contributed by atoms with Gasteiger partial charge >= 0.3 is 0 Å². The second-order valence-electron chi connectivity index (χ2n) is 7.06. The zero-order valence-electron chi connectivity index (χ0n) is 15.6. The number of hydrogen-bond donors (Lipinski definition) is 1. The van der Waals surface area contributed by atoms with Gasteiger partial charge in [0.15, 0.2) is 11.6 Å². The largest absolute Gasteiger partial charge is 0.388 e. The summed E-state index contributed by atoms with van der Waals surface area (Å²) in [4.78, 5) is 11.1. The van der Waals surface area contributed by atoms with Crippen LogP contribution in [0.4, 0.5) is 5.82 Å². The maximum Gasteiger partial charge on any atom is 0.159 e. The van der Waals surface area contributed by atoms with Crippen LogP contribution in [-0.4, -0.2) is 44.1 Å². The number of benzene rings is 1. The highest BCUT2D eigenvalue weighted by atomic mass is 16.5. The first kappa shape index (κ1) is 17.1. The van der Waals surface area contributed by atoms with Gasteiger partial charge in [-0.25, -0.2) is 14.6 Å². The van der Waals surface area contributed by atoms with Crippen LogP contribution in [0.3, 0.4) is 0 Å². The third kappa shape index (κ3) is 2.98. The van der Waals surface area contributed by atoms with Gasteiger partial charge in [-0.15, -0.1) is 0 Å². The smallest absolute Gasteiger partial charge is 0.159 e. The van der Waals surface area contributed by atoms with E-state index in [1.807, 2.05) is 30.5 Å². The molecule has 4 heterocycles. The van der Waals surface area contributed by atoms with Crippen molar-refractivity contribution >= 4 is 5.82 Å². The van der Waals surface area contributed by atoms with E-state index in [9.17, 15) is 5.11 Å². The molecule has 0 aliphatic carbocycles. The van der Waals surface area contributed by atoms with E-state index in [1.165, 1.54) is 5.56 Å². The van der Waals surface area contributed by atoms with Crippen LogP contribution >= 0.6 is 0 Å². The van der Waals surface area contributed by atoms with Crippen molar-refractivity contribution in [3.8, 4) is 17.1 Å². The number of aliphatic hydroxyl groups is 1. The molecule has 0 saturated carbocycles. The second-order valence-corrected chi connectivity index (χ2v) is 7.06. The van der Waals surface area contributed by atoms with Crippen molar-refractivity contribution in [2.45, 2.75) is 26.1 Å². The molecule has 1 aromatic carbocycles. The Balaban J connectivity index is 1.52. The molecule has 0 spiro atoms.